The van der Waals surface area contributed by atoms with Crippen molar-refractivity contribution in [2.45, 2.75) is 11.8 Å². The highest BCUT2D eigenvalue weighted by molar-refractivity contribution is 5.75. The Labute approximate surface area is 204 Å². The van der Waals surface area contributed by atoms with E-state index in [9.17, 15) is 4.79 Å². The molecule has 1 aliphatic rings. The lowest BCUT2D eigenvalue weighted by molar-refractivity contribution is -0.119. The Morgan fingerprint density at radius 3 is 2.14 bits per heavy atom. The molecule has 0 saturated heterocycles. The van der Waals surface area contributed by atoms with E-state index in [4.69, 9.17) is 19.9 Å². The monoisotopic (exact) mass is 466 g/mol. The number of carbonyl (C=O) groups excluding carboxylic acids is 1. The summed E-state index contributed by atoms with van der Waals surface area (Å²) in [4.78, 5) is 11.2. The summed E-state index contributed by atoms with van der Waals surface area (Å²) in [6, 6.07) is 34.2. The Kier molecular flexibility index (Phi) is 6.12. The molecule has 1 heterocycles. The number of nitrogens with one attached hydrogen (secondary N) is 1. The molecule has 35 heavy (non-hydrogen) atoms. The van der Waals surface area contributed by atoms with Gasteiger partial charge in [-0.1, -0.05) is 84.9 Å². The molecule has 1 atom stereocenters. The smallest absolute Gasteiger partial charge is 0.255 e. The zero-order valence-electron chi connectivity index (χ0n) is 19.3. The lowest BCUT2D eigenvalue weighted by atomic mass is 9.78. The van der Waals surface area contributed by atoms with Crippen LogP contribution in [-0.4, -0.2) is 19.6 Å². The number of anilines is 1. The van der Waals surface area contributed by atoms with Gasteiger partial charge in [0.05, 0.1) is 7.11 Å². The Morgan fingerprint density at radius 2 is 1.51 bits per heavy atom. The molecule has 0 fully saturated rings. The number of para-hydroxylation sites is 1. The molecule has 0 unspecified atom stereocenters. The molecule has 0 aliphatic carbocycles. The molecule has 0 bridgehead atoms. The largest absolute Gasteiger partial charge is 0.493 e. The van der Waals surface area contributed by atoms with Crippen LogP contribution < -0.4 is 20.5 Å². The number of nitrogens with two attached hydrogens (primary N) is 1. The first kappa shape index (κ1) is 22.5. The molecule has 3 N–H and O–H groups in total. The van der Waals surface area contributed by atoms with Crippen LogP contribution in [0, 0.1) is 0 Å². The average Bonchev–Trinajstić information content (AvgIpc) is 2.92. The fourth-order valence-electron chi connectivity index (χ4n) is 4.55. The van der Waals surface area contributed by atoms with Gasteiger partial charge >= 0.3 is 0 Å². The molecule has 4 aromatic carbocycles. The number of carbonyl (C=O) groups is 1. The zero-order chi connectivity index (χ0) is 24.3. The maximum Gasteiger partial charge on any atom is 0.255 e. The van der Waals surface area contributed by atoms with Crippen LogP contribution in [0.1, 0.15) is 28.5 Å². The molecular weight excluding hydrogens is 440 g/mol. The molecule has 0 radical (unpaired) electrons. The summed E-state index contributed by atoms with van der Waals surface area (Å²) >= 11 is 0. The van der Waals surface area contributed by atoms with Gasteiger partial charge in [0.25, 0.3) is 5.91 Å². The van der Waals surface area contributed by atoms with Gasteiger partial charge in [0.15, 0.2) is 24.3 Å². The molecule has 0 aromatic heterocycles. The lowest BCUT2D eigenvalue weighted by Gasteiger charge is -2.44. The molecule has 6 nitrogen and oxygen atoms in total. The Bertz CT molecular complexity index is 1290. The highest BCUT2D eigenvalue weighted by Crippen LogP contribution is 2.50. The van der Waals surface area contributed by atoms with Crippen LogP contribution in [0.15, 0.2) is 103 Å². The van der Waals surface area contributed by atoms with Gasteiger partial charge in [0, 0.05) is 16.8 Å². The fourth-order valence-corrected chi connectivity index (χ4v) is 4.55. The SMILES string of the molecule is COc1cc([C@@H]2Nc3ccccc3C(c3ccccc3)(c3ccccc3)O2)ccc1OCC(N)=O. The summed E-state index contributed by atoms with van der Waals surface area (Å²) in [6.07, 6.45) is -0.496. The van der Waals surface area contributed by atoms with Crippen LogP contribution in [0.25, 0.3) is 0 Å². The van der Waals surface area contributed by atoms with Gasteiger partial charge in [0.1, 0.15) is 5.60 Å². The number of amides is 1. The summed E-state index contributed by atoms with van der Waals surface area (Å²) in [5.41, 5.74) is 9.29. The number of hydrogen-bond acceptors (Lipinski definition) is 5. The minimum Gasteiger partial charge on any atom is -0.493 e. The first-order chi connectivity index (χ1) is 17.1. The molecule has 4 aromatic rings. The molecule has 6 heteroatoms. The van der Waals surface area contributed by atoms with E-state index in [0.717, 1.165) is 27.9 Å². The number of methoxy groups -OCH3 is 1. The second kappa shape index (κ2) is 9.52. The minimum atomic E-state index is -0.844. The zero-order valence-corrected chi connectivity index (χ0v) is 19.3. The van der Waals surface area contributed by atoms with Crippen LogP contribution in [0.4, 0.5) is 5.69 Å². The number of hydrogen-bond donors (Lipinski definition) is 2. The number of fused-ring (bicyclic) bond motifs is 1. The second-order valence-corrected chi connectivity index (χ2v) is 8.27. The van der Waals surface area contributed by atoms with Crippen molar-refractivity contribution in [1.29, 1.82) is 0 Å². The van der Waals surface area contributed by atoms with Gasteiger partial charge in [-0.25, -0.2) is 0 Å². The van der Waals surface area contributed by atoms with Crippen LogP contribution >= 0.6 is 0 Å². The molecule has 1 amide bonds. The van der Waals surface area contributed by atoms with E-state index in [-0.39, 0.29) is 6.61 Å². The highest BCUT2D eigenvalue weighted by atomic mass is 16.5. The molecule has 0 saturated carbocycles. The van der Waals surface area contributed by atoms with E-state index in [2.05, 4.69) is 41.7 Å². The Balaban J connectivity index is 1.65. The van der Waals surface area contributed by atoms with Gasteiger partial charge in [-0.15, -0.1) is 0 Å². The first-order valence-corrected chi connectivity index (χ1v) is 11.4. The molecular formula is C29H26N2O4. The van der Waals surface area contributed by atoms with Crippen molar-refractivity contribution < 1.29 is 19.0 Å². The molecule has 0 spiro atoms. The average molecular weight is 467 g/mol. The van der Waals surface area contributed by atoms with Crippen LogP contribution in [0.2, 0.25) is 0 Å². The van der Waals surface area contributed by atoms with Crippen molar-refractivity contribution in [3.63, 3.8) is 0 Å². The van der Waals surface area contributed by atoms with E-state index >= 15 is 0 Å². The van der Waals surface area contributed by atoms with Gasteiger partial charge in [-0.2, -0.15) is 0 Å². The summed E-state index contributed by atoms with van der Waals surface area (Å²) < 4.78 is 18.1. The van der Waals surface area contributed by atoms with Crippen molar-refractivity contribution in [3.8, 4) is 11.5 Å². The van der Waals surface area contributed by atoms with E-state index in [1.165, 1.54) is 0 Å². The maximum absolute atomic E-state index is 11.2. The van der Waals surface area contributed by atoms with Crippen molar-refractivity contribution >= 4 is 11.6 Å². The van der Waals surface area contributed by atoms with Gasteiger partial charge < -0.3 is 25.3 Å². The third-order valence-electron chi connectivity index (χ3n) is 6.11. The Hall–Kier alpha value is -4.29. The lowest BCUT2D eigenvalue weighted by Crippen LogP contribution is -2.40. The van der Waals surface area contributed by atoms with E-state index in [1.54, 1.807) is 13.2 Å². The first-order valence-electron chi connectivity index (χ1n) is 11.4. The molecule has 176 valence electrons. The number of ether oxygens (including phenoxy) is 3. The standard InChI is InChI=1S/C29H26N2O4/c1-33-26-18-20(16-17-25(26)34-19-27(30)32)28-31-24-15-9-8-14-23(24)29(35-28,21-10-4-2-5-11-21)22-12-6-3-7-13-22/h2-18,28,31H,19H2,1H3,(H2,30,32)/t28-/m1/s1. The number of benzene rings is 4. The maximum atomic E-state index is 11.2. The van der Waals surface area contributed by atoms with Crippen molar-refractivity contribution in [3.05, 3.63) is 125 Å². The summed E-state index contributed by atoms with van der Waals surface area (Å²) in [5.74, 6) is 0.363. The fraction of sp³-hybridized carbons (Fsp3) is 0.138. The summed E-state index contributed by atoms with van der Waals surface area (Å²) in [7, 11) is 1.55. The summed E-state index contributed by atoms with van der Waals surface area (Å²) in [6.45, 7) is -0.230. The third kappa shape index (κ3) is 4.20. The number of primary amides is 1. The van der Waals surface area contributed by atoms with Crippen molar-refractivity contribution in [1.82, 2.24) is 0 Å². The quantitative estimate of drug-likeness (QED) is 0.401. The third-order valence-corrected chi connectivity index (χ3v) is 6.11. The predicted molar refractivity (Wildman–Crippen MR) is 134 cm³/mol. The van der Waals surface area contributed by atoms with Crippen molar-refractivity contribution in [2.75, 3.05) is 19.0 Å². The normalized spacial score (nSPS) is 16.0. The number of rotatable bonds is 7. The van der Waals surface area contributed by atoms with Crippen molar-refractivity contribution in [2.24, 2.45) is 5.73 Å². The van der Waals surface area contributed by atoms with Crippen LogP contribution in [0.5, 0.6) is 11.5 Å². The Morgan fingerprint density at radius 1 is 0.886 bits per heavy atom. The second-order valence-electron chi connectivity index (χ2n) is 8.27. The highest BCUT2D eigenvalue weighted by Gasteiger charge is 2.45. The van der Waals surface area contributed by atoms with E-state index < -0.39 is 17.7 Å². The van der Waals surface area contributed by atoms with Gasteiger partial charge in [-0.3, -0.25) is 4.79 Å². The van der Waals surface area contributed by atoms with Crippen LogP contribution in [-0.2, 0) is 15.1 Å². The van der Waals surface area contributed by atoms with Gasteiger partial charge in [-0.05, 0) is 29.3 Å². The minimum absolute atomic E-state index is 0.230. The molecule has 5 rings (SSSR count). The predicted octanol–water partition coefficient (Wildman–Crippen LogP) is 4.99. The van der Waals surface area contributed by atoms with Crippen LogP contribution in [0.3, 0.4) is 0 Å². The van der Waals surface area contributed by atoms with E-state index in [0.29, 0.717) is 11.5 Å². The van der Waals surface area contributed by atoms with E-state index in [1.807, 2.05) is 60.7 Å². The molecule has 1 aliphatic heterocycles. The van der Waals surface area contributed by atoms with Gasteiger partial charge in [0.2, 0.25) is 0 Å². The summed E-state index contributed by atoms with van der Waals surface area (Å²) in [5, 5.41) is 3.54. The topological polar surface area (TPSA) is 82.8 Å².